The zero-order chi connectivity index (χ0) is 15.0. The Morgan fingerprint density at radius 2 is 1.95 bits per heavy atom. The van der Waals surface area contributed by atoms with Crippen molar-refractivity contribution >= 4 is 40.0 Å². The molecule has 0 saturated carbocycles. The van der Waals surface area contributed by atoms with Crippen LogP contribution in [0.3, 0.4) is 0 Å². The summed E-state index contributed by atoms with van der Waals surface area (Å²) in [6.07, 6.45) is 0. The maximum Gasteiger partial charge on any atom is 0.192 e. The maximum atomic E-state index is 6.24. The van der Waals surface area contributed by atoms with Crippen LogP contribution in [-0.4, -0.2) is 4.98 Å². The molecule has 1 N–H and O–H groups in total. The van der Waals surface area contributed by atoms with E-state index in [1.54, 1.807) is 6.07 Å². The highest BCUT2D eigenvalue weighted by atomic mass is 35.5. The first kappa shape index (κ1) is 14.2. The number of nitrogens with zero attached hydrogens (tertiary/aromatic N) is 1. The number of hydrogen-bond acceptors (Lipinski definition) is 3. The monoisotopic (exact) mass is 320 g/mol. The molecular weight excluding hydrogens is 307 g/mol. The predicted molar refractivity (Wildman–Crippen MR) is 87.2 cm³/mol. The minimum atomic E-state index is 0.0558. The Morgan fingerprint density at radius 3 is 2.71 bits per heavy atom. The molecule has 2 aromatic carbocycles. The van der Waals surface area contributed by atoms with Crippen LogP contribution in [0.15, 0.2) is 40.8 Å². The lowest BCUT2D eigenvalue weighted by molar-refractivity contribution is 0.561. The molecule has 5 heteroatoms. The van der Waals surface area contributed by atoms with Crippen molar-refractivity contribution in [3.05, 3.63) is 57.9 Å². The van der Waals surface area contributed by atoms with Gasteiger partial charge in [-0.3, -0.25) is 0 Å². The highest BCUT2D eigenvalue weighted by Gasteiger charge is 2.11. The number of aryl methyl sites for hydroxylation is 1. The van der Waals surface area contributed by atoms with E-state index in [4.69, 9.17) is 27.6 Å². The molecule has 3 aromatic rings. The summed E-state index contributed by atoms with van der Waals surface area (Å²) in [6.45, 7) is 3.89. The third-order valence-corrected chi connectivity index (χ3v) is 3.87. The quantitative estimate of drug-likeness (QED) is 0.681. The minimum absolute atomic E-state index is 0.0558. The summed E-state index contributed by atoms with van der Waals surface area (Å²) in [5.41, 5.74) is 3.59. The van der Waals surface area contributed by atoms with Crippen molar-refractivity contribution in [2.24, 2.45) is 0 Å². The van der Waals surface area contributed by atoms with E-state index in [9.17, 15) is 0 Å². The number of fused-ring (bicyclic) bond motifs is 1. The van der Waals surface area contributed by atoms with Crippen LogP contribution >= 0.6 is 23.2 Å². The fourth-order valence-electron chi connectivity index (χ4n) is 2.31. The van der Waals surface area contributed by atoms with Gasteiger partial charge in [-0.25, -0.2) is 4.98 Å². The molecule has 0 amide bonds. The van der Waals surface area contributed by atoms with Gasteiger partial charge in [0, 0.05) is 28.7 Å². The molecule has 0 aliphatic rings. The van der Waals surface area contributed by atoms with Gasteiger partial charge in [-0.15, -0.1) is 0 Å². The number of aromatic nitrogens is 1. The van der Waals surface area contributed by atoms with Crippen LogP contribution in [0, 0.1) is 6.92 Å². The molecule has 0 radical (unpaired) electrons. The molecular formula is C16H14Cl2N2O. The Kier molecular flexibility index (Phi) is 3.79. The Balaban J connectivity index is 1.86. The first-order valence-electron chi connectivity index (χ1n) is 6.61. The summed E-state index contributed by atoms with van der Waals surface area (Å²) >= 11 is 12.2. The predicted octanol–water partition coefficient (Wildman–Crippen LogP) is 5.62. The summed E-state index contributed by atoms with van der Waals surface area (Å²) in [7, 11) is 0. The molecule has 0 aliphatic heterocycles. The van der Waals surface area contributed by atoms with E-state index in [1.807, 2.05) is 44.2 Å². The molecule has 108 valence electrons. The maximum absolute atomic E-state index is 6.24. The zero-order valence-electron chi connectivity index (χ0n) is 11.7. The van der Waals surface area contributed by atoms with Gasteiger partial charge >= 0.3 is 0 Å². The second-order valence-corrected chi connectivity index (χ2v) is 5.79. The Bertz CT molecular complexity index is 798. The minimum Gasteiger partial charge on any atom is -0.441 e. The standard InChI is InChI=1S/C16H14Cl2N2O/c1-9(13-5-3-11(17)7-14(13)18)19-12-4-6-16-15(8-12)20-10(2)21-16/h3-9,19H,1-2H3. The molecule has 0 spiro atoms. The van der Waals surface area contributed by atoms with E-state index in [2.05, 4.69) is 10.3 Å². The average molecular weight is 321 g/mol. The van der Waals surface area contributed by atoms with E-state index in [0.29, 0.717) is 15.9 Å². The molecule has 1 heterocycles. The van der Waals surface area contributed by atoms with Crippen molar-refractivity contribution in [2.45, 2.75) is 19.9 Å². The summed E-state index contributed by atoms with van der Waals surface area (Å²) in [5.74, 6) is 0.663. The lowest BCUT2D eigenvalue weighted by Gasteiger charge is -2.17. The summed E-state index contributed by atoms with van der Waals surface area (Å²) < 4.78 is 5.47. The number of anilines is 1. The van der Waals surface area contributed by atoms with E-state index >= 15 is 0 Å². The van der Waals surface area contributed by atoms with Crippen molar-refractivity contribution in [1.82, 2.24) is 4.98 Å². The second-order valence-electron chi connectivity index (χ2n) is 4.95. The van der Waals surface area contributed by atoms with Crippen LogP contribution in [0.2, 0.25) is 10.0 Å². The highest BCUT2D eigenvalue weighted by Crippen LogP contribution is 2.29. The molecule has 3 rings (SSSR count). The molecule has 1 unspecified atom stereocenters. The van der Waals surface area contributed by atoms with Crippen LogP contribution in [0.1, 0.15) is 24.4 Å². The second kappa shape index (κ2) is 5.58. The zero-order valence-corrected chi connectivity index (χ0v) is 13.2. The highest BCUT2D eigenvalue weighted by molar-refractivity contribution is 6.35. The van der Waals surface area contributed by atoms with Gasteiger partial charge in [0.2, 0.25) is 0 Å². The van der Waals surface area contributed by atoms with Gasteiger partial charge in [-0.1, -0.05) is 29.3 Å². The summed E-state index contributed by atoms with van der Waals surface area (Å²) in [5, 5.41) is 4.70. The molecule has 3 nitrogen and oxygen atoms in total. The Hall–Kier alpha value is -1.71. The number of rotatable bonds is 3. The third-order valence-electron chi connectivity index (χ3n) is 3.31. The van der Waals surface area contributed by atoms with Crippen LogP contribution in [0.25, 0.3) is 11.1 Å². The number of oxazole rings is 1. The molecule has 21 heavy (non-hydrogen) atoms. The van der Waals surface area contributed by atoms with Crippen LogP contribution in [-0.2, 0) is 0 Å². The van der Waals surface area contributed by atoms with Crippen molar-refractivity contribution in [3.63, 3.8) is 0 Å². The van der Waals surface area contributed by atoms with E-state index in [-0.39, 0.29) is 6.04 Å². The molecule has 0 saturated heterocycles. The van der Waals surface area contributed by atoms with Gasteiger partial charge in [0.25, 0.3) is 0 Å². The van der Waals surface area contributed by atoms with Gasteiger partial charge < -0.3 is 9.73 Å². The van der Waals surface area contributed by atoms with Gasteiger partial charge in [0.05, 0.1) is 0 Å². The summed E-state index contributed by atoms with van der Waals surface area (Å²) in [6, 6.07) is 11.4. The Morgan fingerprint density at radius 1 is 1.14 bits per heavy atom. The lowest BCUT2D eigenvalue weighted by Crippen LogP contribution is -2.07. The number of halogens is 2. The third kappa shape index (κ3) is 2.99. The lowest BCUT2D eigenvalue weighted by atomic mass is 10.1. The normalized spacial score (nSPS) is 12.6. The van der Waals surface area contributed by atoms with Crippen molar-refractivity contribution < 1.29 is 4.42 Å². The fraction of sp³-hybridized carbons (Fsp3) is 0.188. The van der Waals surface area contributed by atoms with Crippen LogP contribution in [0.5, 0.6) is 0 Å². The number of benzene rings is 2. The number of nitrogens with one attached hydrogen (secondary N) is 1. The average Bonchev–Trinajstić information content (AvgIpc) is 2.77. The smallest absolute Gasteiger partial charge is 0.192 e. The molecule has 0 bridgehead atoms. The Labute approximate surface area is 132 Å². The fourth-order valence-corrected chi connectivity index (χ4v) is 2.88. The van der Waals surface area contributed by atoms with Crippen molar-refractivity contribution in [3.8, 4) is 0 Å². The molecule has 0 fully saturated rings. The van der Waals surface area contributed by atoms with Gasteiger partial charge in [0.15, 0.2) is 11.5 Å². The van der Waals surface area contributed by atoms with Gasteiger partial charge in [-0.05, 0) is 42.8 Å². The van der Waals surface area contributed by atoms with Gasteiger partial charge in [0.1, 0.15) is 5.52 Å². The van der Waals surface area contributed by atoms with E-state index in [1.165, 1.54) is 0 Å². The van der Waals surface area contributed by atoms with Crippen molar-refractivity contribution in [2.75, 3.05) is 5.32 Å². The first-order chi connectivity index (χ1) is 10.0. The van der Waals surface area contributed by atoms with Gasteiger partial charge in [-0.2, -0.15) is 0 Å². The van der Waals surface area contributed by atoms with E-state index in [0.717, 1.165) is 22.4 Å². The molecule has 0 aliphatic carbocycles. The SMILES string of the molecule is Cc1nc2cc(NC(C)c3ccc(Cl)cc3Cl)ccc2o1. The van der Waals surface area contributed by atoms with Crippen LogP contribution < -0.4 is 5.32 Å². The largest absolute Gasteiger partial charge is 0.441 e. The van der Waals surface area contributed by atoms with Crippen LogP contribution in [0.4, 0.5) is 5.69 Å². The van der Waals surface area contributed by atoms with Crippen molar-refractivity contribution in [1.29, 1.82) is 0 Å². The first-order valence-corrected chi connectivity index (χ1v) is 7.37. The molecule has 1 aromatic heterocycles. The molecule has 1 atom stereocenters. The van der Waals surface area contributed by atoms with E-state index < -0.39 is 0 Å². The number of hydrogen-bond donors (Lipinski definition) is 1. The summed E-state index contributed by atoms with van der Waals surface area (Å²) in [4.78, 5) is 4.33. The topological polar surface area (TPSA) is 38.1 Å².